The summed E-state index contributed by atoms with van der Waals surface area (Å²) < 4.78 is 5.20. The Morgan fingerprint density at radius 3 is 2.40 bits per heavy atom. The van der Waals surface area contributed by atoms with E-state index < -0.39 is 0 Å². The third-order valence-electron chi connectivity index (χ3n) is 4.28. The maximum atomic E-state index is 12.9. The summed E-state index contributed by atoms with van der Waals surface area (Å²) in [7, 11) is 1.60. The number of carbonyl (C=O) groups excluding carboxylic acids is 2. The molecule has 0 aromatic heterocycles. The van der Waals surface area contributed by atoms with Gasteiger partial charge in [-0.1, -0.05) is 38.4 Å². The standard InChI is InChI=1S/C23H30ClN3O3/c1-23(2,3)16-21(28)25-13-6-14-27(19-9-11-20(30-4)12-10-19)22(29)26-18-8-5-7-17(24)15-18/h5,7-12,15H,6,13-14,16H2,1-4H3,(H,25,28)(H,26,29). The summed E-state index contributed by atoms with van der Waals surface area (Å²) in [5.74, 6) is 0.727. The Kier molecular flexibility index (Phi) is 8.54. The van der Waals surface area contributed by atoms with E-state index in [2.05, 4.69) is 10.6 Å². The summed E-state index contributed by atoms with van der Waals surface area (Å²) in [5, 5.41) is 6.35. The first-order valence-corrected chi connectivity index (χ1v) is 10.3. The molecule has 0 heterocycles. The predicted molar refractivity (Wildman–Crippen MR) is 123 cm³/mol. The molecule has 2 rings (SSSR count). The number of hydrogen-bond acceptors (Lipinski definition) is 3. The molecule has 0 aliphatic carbocycles. The number of methoxy groups -OCH3 is 1. The van der Waals surface area contributed by atoms with Gasteiger partial charge in [-0.2, -0.15) is 0 Å². The number of anilines is 2. The highest BCUT2D eigenvalue weighted by atomic mass is 35.5. The minimum Gasteiger partial charge on any atom is -0.497 e. The summed E-state index contributed by atoms with van der Waals surface area (Å²) in [6, 6.07) is 14.0. The highest BCUT2D eigenvalue weighted by Gasteiger charge is 2.18. The van der Waals surface area contributed by atoms with Crippen LogP contribution in [0.15, 0.2) is 48.5 Å². The molecular weight excluding hydrogens is 402 g/mol. The topological polar surface area (TPSA) is 70.7 Å². The van der Waals surface area contributed by atoms with Crippen molar-refractivity contribution in [2.45, 2.75) is 33.6 Å². The van der Waals surface area contributed by atoms with Crippen molar-refractivity contribution < 1.29 is 14.3 Å². The first-order chi connectivity index (χ1) is 14.2. The van der Waals surface area contributed by atoms with E-state index in [1.54, 1.807) is 48.4 Å². The van der Waals surface area contributed by atoms with Crippen LogP contribution in [0.1, 0.15) is 33.6 Å². The van der Waals surface area contributed by atoms with Crippen LogP contribution in [-0.4, -0.2) is 32.1 Å². The molecule has 0 aliphatic rings. The van der Waals surface area contributed by atoms with E-state index in [0.29, 0.717) is 42.4 Å². The molecule has 0 atom stereocenters. The molecule has 0 saturated heterocycles. The summed E-state index contributed by atoms with van der Waals surface area (Å²) in [6.45, 7) is 7.01. The highest BCUT2D eigenvalue weighted by Crippen LogP contribution is 2.22. The molecule has 162 valence electrons. The van der Waals surface area contributed by atoms with E-state index in [1.165, 1.54) is 0 Å². The largest absolute Gasteiger partial charge is 0.497 e. The van der Waals surface area contributed by atoms with Gasteiger partial charge in [0.2, 0.25) is 5.91 Å². The van der Waals surface area contributed by atoms with Crippen molar-refractivity contribution in [1.82, 2.24) is 5.32 Å². The van der Waals surface area contributed by atoms with Crippen molar-refractivity contribution >= 4 is 34.9 Å². The lowest BCUT2D eigenvalue weighted by Crippen LogP contribution is -2.37. The number of amides is 3. The monoisotopic (exact) mass is 431 g/mol. The van der Waals surface area contributed by atoms with Gasteiger partial charge in [0.05, 0.1) is 7.11 Å². The number of hydrogen-bond donors (Lipinski definition) is 2. The van der Waals surface area contributed by atoms with E-state index in [-0.39, 0.29) is 17.4 Å². The molecule has 6 nitrogen and oxygen atoms in total. The third-order valence-corrected chi connectivity index (χ3v) is 4.51. The zero-order valence-corrected chi connectivity index (χ0v) is 18.8. The number of ether oxygens (including phenoxy) is 1. The minimum atomic E-state index is -0.275. The second-order valence-corrected chi connectivity index (χ2v) is 8.67. The Morgan fingerprint density at radius 2 is 1.80 bits per heavy atom. The average molecular weight is 432 g/mol. The second-order valence-electron chi connectivity index (χ2n) is 8.23. The van der Waals surface area contributed by atoms with E-state index >= 15 is 0 Å². The van der Waals surface area contributed by atoms with Gasteiger partial charge in [0, 0.05) is 35.9 Å². The van der Waals surface area contributed by atoms with Crippen LogP contribution in [0.3, 0.4) is 0 Å². The van der Waals surface area contributed by atoms with Gasteiger partial charge in [-0.05, 0) is 54.3 Å². The van der Waals surface area contributed by atoms with E-state index in [1.807, 2.05) is 32.9 Å². The molecule has 0 spiro atoms. The molecule has 2 N–H and O–H groups in total. The van der Waals surface area contributed by atoms with Gasteiger partial charge in [-0.15, -0.1) is 0 Å². The fourth-order valence-electron chi connectivity index (χ4n) is 2.88. The normalized spacial score (nSPS) is 11.0. The van der Waals surface area contributed by atoms with Crippen molar-refractivity contribution in [3.63, 3.8) is 0 Å². The summed E-state index contributed by atoms with van der Waals surface area (Å²) in [4.78, 5) is 26.6. The van der Waals surface area contributed by atoms with E-state index in [9.17, 15) is 9.59 Å². The molecular formula is C23H30ClN3O3. The SMILES string of the molecule is COc1ccc(N(CCCNC(=O)CC(C)(C)C)C(=O)Nc2cccc(Cl)c2)cc1. The van der Waals surface area contributed by atoms with Crippen molar-refractivity contribution in [2.75, 3.05) is 30.4 Å². The lowest BCUT2D eigenvalue weighted by Gasteiger charge is -2.24. The molecule has 0 saturated carbocycles. The molecule has 7 heteroatoms. The zero-order valence-electron chi connectivity index (χ0n) is 18.0. The van der Waals surface area contributed by atoms with Gasteiger partial charge < -0.3 is 15.4 Å². The maximum Gasteiger partial charge on any atom is 0.326 e. The van der Waals surface area contributed by atoms with Crippen molar-refractivity contribution in [3.8, 4) is 5.75 Å². The van der Waals surface area contributed by atoms with E-state index in [0.717, 1.165) is 5.69 Å². The number of nitrogens with one attached hydrogen (secondary N) is 2. The zero-order chi connectivity index (χ0) is 22.1. The Hall–Kier alpha value is -2.73. The third kappa shape index (κ3) is 7.95. The van der Waals surface area contributed by atoms with E-state index in [4.69, 9.17) is 16.3 Å². The summed E-state index contributed by atoms with van der Waals surface area (Å²) in [6.07, 6.45) is 1.08. The molecule has 3 amide bonds. The number of carbonyl (C=O) groups is 2. The van der Waals surface area contributed by atoms with Crippen molar-refractivity contribution in [1.29, 1.82) is 0 Å². The quantitative estimate of drug-likeness (QED) is 0.555. The van der Waals surface area contributed by atoms with Crippen LogP contribution in [-0.2, 0) is 4.79 Å². The minimum absolute atomic E-state index is 0.0156. The lowest BCUT2D eigenvalue weighted by molar-refractivity contribution is -0.122. The Morgan fingerprint density at radius 1 is 1.10 bits per heavy atom. The first kappa shape index (κ1) is 23.5. The van der Waals surface area contributed by atoms with Crippen LogP contribution in [0, 0.1) is 5.41 Å². The summed E-state index contributed by atoms with van der Waals surface area (Å²) >= 11 is 6.02. The van der Waals surface area contributed by atoms with Crippen LogP contribution in [0.2, 0.25) is 5.02 Å². The highest BCUT2D eigenvalue weighted by molar-refractivity contribution is 6.30. The Labute approximate surface area is 183 Å². The van der Waals surface area contributed by atoms with Gasteiger partial charge >= 0.3 is 6.03 Å². The van der Waals surface area contributed by atoms with Crippen LogP contribution < -0.4 is 20.3 Å². The predicted octanol–water partition coefficient (Wildman–Crippen LogP) is 5.33. The van der Waals surface area contributed by atoms with Gasteiger partial charge in [-0.25, -0.2) is 4.79 Å². The molecule has 0 bridgehead atoms. The van der Waals surface area contributed by atoms with Gasteiger partial charge in [0.1, 0.15) is 5.75 Å². The molecule has 0 unspecified atom stereocenters. The molecule has 30 heavy (non-hydrogen) atoms. The van der Waals surface area contributed by atoms with Gasteiger partial charge in [-0.3, -0.25) is 9.69 Å². The second kappa shape index (κ2) is 10.9. The Bertz CT molecular complexity index is 848. The number of urea groups is 1. The van der Waals surface area contributed by atoms with Crippen molar-refractivity contribution in [2.24, 2.45) is 5.41 Å². The maximum absolute atomic E-state index is 12.9. The fraction of sp³-hybridized carbons (Fsp3) is 0.391. The smallest absolute Gasteiger partial charge is 0.326 e. The molecule has 0 fully saturated rings. The fourth-order valence-corrected chi connectivity index (χ4v) is 3.07. The first-order valence-electron chi connectivity index (χ1n) is 9.93. The van der Waals surface area contributed by atoms with Crippen LogP contribution in [0.5, 0.6) is 5.75 Å². The molecule has 0 radical (unpaired) electrons. The average Bonchev–Trinajstić information content (AvgIpc) is 2.66. The molecule has 2 aromatic rings. The van der Waals surface area contributed by atoms with Crippen LogP contribution in [0.25, 0.3) is 0 Å². The Balaban J connectivity index is 2.03. The lowest BCUT2D eigenvalue weighted by atomic mass is 9.92. The number of nitrogens with zero attached hydrogens (tertiary/aromatic N) is 1. The van der Waals surface area contributed by atoms with Crippen LogP contribution in [0.4, 0.5) is 16.2 Å². The number of benzene rings is 2. The number of halogens is 1. The summed E-state index contributed by atoms with van der Waals surface area (Å²) in [5.41, 5.74) is 1.29. The van der Waals surface area contributed by atoms with Crippen LogP contribution >= 0.6 is 11.6 Å². The molecule has 0 aliphatic heterocycles. The molecule has 2 aromatic carbocycles. The number of rotatable bonds is 8. The van der Waals surface area contributed by atoms with Crippen molar-refractivity contribution in [3.05, 3.63) is 53.6 Å². The van der Waals surface area contributed by atoms with Gasteiger partial charge in [0.25, 0.3) is 0 Å². The van der Waals surface area contributed by atoms with Gasteiger partial charge in [0.15, 0.2) is 0 Å².